The van der Waals surface area contributed by atoms with Gasteiger partial charge in [-0.15, -0.1) is 0 Å². The molecule has 0 saturated carbocycles. The summed E-state index contributed by atoms with van der Waals surface area (Å²) >= 11 is 0. The number of carbonyl (C=O) groups excluding carboxylic acids is 1. The maximum absolute atomic E-state index is 11.6. The molecule has 1 aliphatic heterocycles. The fraction of sp³-hybridized carbons (Fsp3) is 0.556. The average molecular weight is 210 g/mol. The molecular formula is C9H14N4O2. The van der Waals surface area contributed by atoms with Crippen LogP contribution in [0.5, 0.6) is 0 Å². The zero-order valence-corrected chi connectivity index (χ0v) is 8.23. The molecule has 4 N–H and O–H groups in total. The summed E-state index contributed by atoms with van der Waals surface area (Å²) in [5.74, 6) is -0.0823. The monoisotopic (exact) mass is 210 g/mol. The van der Waals surface area contributed by atoms with Crippen LogP contribution in [0.2, 0.25) is 0 Å². The number of aliphatic hydroxyl groups excluding tert-OH is 1. The minimum Gasteiger partial charge on any atom is -0.392 e. The number of carbonyl (C=O) groups is 1. The summed E-state index contributed by atoms with van der Waals surface area (Å²) in [5, 5.41) is 15.0. The lowest BCUT2D eigenvalue weighted by molar-refractivity contribution is -0.123. The fourth-order valence-corrected chi connectivity index (χ4v) is 1.60. The van der Waals surface area contributed by atoms with E-state index >= 15 is 0 Å². The first-order valence-corrected chi connectivity index (χ1v) is 4.92. The molecule has 0 spiro atoms. The van der Waals surface area contributed by atoms with Crippen molar-refractivity contribution in [1.82, 2.24) is 20.6 Å². The molecule has 2 atom stereocenters. The van der Waals surface area contributed by atoms with Crippen molar-refractivity contribution in [3.63, 3.8) is 0 Å². The number of aromatic amines is 1. The van der Waals surface area contributed by atoms with E-state index in [-0.39, 0.29) is 11.9 Å². The Balaban J connectivity index is 1.78. The van der Waals surface area contributed by atoms with Crippen molar-refractivity contribution in [2.24, 2.45) is 0 Å². The number of β-amino-alcohol motifs (C(OH)–C–C–N with tert-alkyl or cyclic N) is 1. The highest BCUT2D eigenvalue weighted by Gasteiger charge is 2.27. The molecule has 6 nitrogen and oxygen atoms in total. The number of amides is 1. The summed E-state index contributed by atoms with van der Waals surface area (Å²) in [4.78, 5) is 18.3. The number of aromatic nitrogens is 2. The van der Waals surface area contributed by atoms with Crippen LogP contribution >= 0.6 is 0 Å². The highest BCUT2D eigenvalue weighted by Crippen LogP contribution is 2.06. The Morgan fingerprint density at radius 3 is 3.20 bits per heavy atom. The number of H-pyrrole nitrogens is 1. The number of nitrogens with one attached hydrogen (secondary N) is 3. The van der Waals surface area contributed by atoms with Gasteiger partial charge in [0.1, 0.15) is 0 Å². The van der Waals surface area contributed by atoms with Gasteiger partial charge in [0.05, 0.1) is 30.7 Å². The van der Waals surface area contributed by atoms with Gasteiger partial charge in [-0.05, 0) is 6.42 Å². The third-order valence-electron chi connectivity index (χ3n) is 2.43. The molecule has 1 aromatic rings. The summed E-state index contributed by atoms with van der Waals surface area (Å²) < 4.78 is 0. The lowest BCUT2D eigenvalue weighted by Gasteiger charge is -2.09. The Kier molecular flexibility index (Phi) is 2.98. The maximum Gasteiger partial charge on any atom is 0.237 e. The van der Waals surface area contributed by atoms with E-state index in [1.165, 1.54) is 0 Å². The van der Waals surface area contributed by atoms with Gasteiger partial charge in [0.25, 0.3) is 0 Å². The van der Waals surface area contributed by atoms with E-state index in [1.54, 1.807) is 12.5 Å². The number of rotatable bonds is 3. The van der Waals surface area contributed by atoms with Crippen LogP contribution in [0.4, 0.5) is 0 Å². The lowest BCUT2D eigenvalue weighted by atomic mass is 10.2. The van der Waals surface area contributed by atoms with Crippen molar-refractivity contribution < 1.29 is 9.90 Å². The van der Waals surface area contributed by atoms with Crippen LogP contribution in [-0.4, -0.2) is 39.7 Å². The van der Waals surface area contributed by atoms with Crippen LogP contribution < -0.4 is 10.6 Å². The Bertz CT molecular complexity index is 325. The summed E-state index contributed by atoms with van der Waals surface area (Å²) in [6.07, 6.45) is 3.30. The quantitative estimate of drug-likeness (QED) is 0.502. The van der Waals surface area contributed by atoms with Crippen LogP contribution in [0.1, 0.15) is 12.1 Å². The molecule has 2 rings (SSSR count). The van der Waals surface area contributed by atoms with E-state index < -0.39 is 6.10 Å². The molecular weight excluding hydrogens is 196 g/mol. The maximum atomic E-state index is 11.6. The third kappa shape index (κ3) is 2.54. The van der Waals surface area contributed by atoms with E-state index in [0.717, 1.165) is 5.69 Å². The van der Waals surface area contributed by atoms with Gasteiger partial charge in [-0.25, -0.2) is 4.98 Å². The number of hydrogen-bond donors (Lipinski definition) is 4. The van der Waals surface area contributed by atoms with Crippen molar-refractivity contribution in [2.45, 2.75) is 25.1 Å². The molecule has 0 aromatic carbocycles. The molecule has 82 valence electrons. The Morgan fingerprint density at radius 2 is 2.60 bits per heavy atom. The SMILES string of the molecule is O=C(NCc1cnc[nH]1)C1CC(O)CN1. The fourth-order valence-electron chi connectivity index (χ4n) is 1.60. The smallest absolute Gasteiger partial charge is 0.237 e. The molecule has 15 heavy (non-hydrogen) atoms. The Labute approximate surface area is 87.1 Å². The second-order valence-corrected chi connectivity index (χ2v) is 3.65. The lowest BCUT2D eigenvalue weighted by Crippen LogP contribution is -2.40. The summed E-state index contributed by atoms with van der Waals surface area (Å²) in [6, 6.07) is -0.275. The average Bonchev–Trinajstić information content (AvgIpc) is 2.84. The van der Waals surface area contributed by atoms with Gasteiger partial charge < -0.3 is 20.7 Å². The summed E-state index contributed by atoms with van der Waals surface area (Å²) in [6.45, 7) is 0.926. The van der Waals surface area contributed by atoms with Crippen LogP contribution in [0, 0.1) is 0 Å². The predicted molar refractivity (Wildman–Crippen MR) is 52.8 cm³/mol. The predicted octanol–water partition coefficient (Wildman–Crippen LogP) is -1.25. The molecule has 0 bridgehead atoms. The van der Waals surface area contributed by atoms with Crippen molar-refractivity contribution in [3.8, 4) is 0 Å². The number of hydrogen-bond acceptors (Lipinski definition) is 4. The molecule has 0 radical (unpaired) electrons. The molecule has 1 aromatic heterocycles. The highest BCUT2D eigenvalue weighted by molar-refractivity contribution is 5.82. The summed E-state index contributed by atoms with van der Waals surface area (Å²) in [5.41, 5.74) is 0.863. The van der Waals surface area contributed by atoms with Crippen LogP contribution in [0.3, 0.4) is 0 Å². The topological polar surface area (TPSA) is 90.0 Å². The van der Waals surface area contributed by atoms with Gasteiger partial charge in [0.2, 0.25) is 5.91 Å². The summed E-state index contributed by atoms with van der Waals surface area (Å²) in [7, 11) is 0. The second-order valence-electron chi connectivity index (χ2n) is 3.65. The van der Waals surface area contributed by atoms with E-state index in [2.05, 4.69) is 20.6 Å². The molecule has 1 amide bonds. The van der Waals surface area contributed by atoms with Crippen LogP contribution in [0.15, 0.2) is 12.5 Å². The van der Waals surface area contributed by atoms with E-state index in [9.17, 15) is 9.90 Å². The minimum absolute atomic E-state index is 0.0823. The van der Waals surface area contributed by atoms with Gasteiger partial charge in [-0.3, -0.25) is 4.79 Å². The van der Waals surface area contributed by atoms with E-state index in [0.29, 0.717) is 19.5 Å². The van der Waals surface area contributed by atoms with Crippen molar-refractivity contribution in [3.05, 3.63) is 18.2 Å². The number of nitrogens with zero attached hydrogens (tertiary/aromatic N) is 1. The standard InChI is InChI=1S/C9H14N4O2/c14-7-1-8(11-4-7)9(15)12-3-6-2-10-5-13-6/h2,5,7-8,11,14H,1,3-4H2,(H,10,13)(H,12,15). The molecule has 2 unspecified atom stereocenters. The minimum atomic E-state index is -0.409. The largest absolute Gasteiger partial charge is 0.392 e. The molecule has 1 saturated heterocycles. The first kappa shape index (κ1) is 10.1. The Morgan fingerprint density at radius 1 is 1.73 bits per heavy atom. The van der Waals surface area contributed by atoms with Crippen LogP contribution in [0.25, 0.3) is 0 Å². The molecule has 6 heteroatoms. The Hall–Kier alpha value is -1.40. The van der Waals surface area contributed by atoms with Gasteiger partial charge in [-0.2, -0.15) is 0 Å². The molecule has 0 aliphatic carbocycles. The number of imidazole rings is 1. The third-order valence-corrected chi connectivity index (χ3v) is 2.43. The zero-order chi connectivity index (χ0) is 10.7. The van der Waals surface area contributed by atoms with Crippen molar-refractivity contribution >= 4 is 5.91 Å². The van der Waals surface area contributed by atoms with E-state index in [4.69, 9.17) is 0 Å². The molecule has 2 heterocycles. The van der Waals surface area contributed by atoms with Crippen LogP contribution in [-0.2, 0) is 11.3 Å². The second kappa shape index (κ2) is 4.41. The van der Waals surface area contributed by atoms with Crippen molar-refractivity contribution in [1.29, 1.82) is 0 Å². The first-order valence-electron chi connectivity index (χ1n) is 4.92. The normalized spacial score (nSPS) is 25.4. The van der Waals surface area contributed by atoms with Gasteiger partial charge in [0, 0.05) is 12.7 Å². The van der Waals surface area contributed by atoms with Crippen molar-refractivity contribution in [2.75, 3.05) is 6.54 Å². The van der Waals surface area contributed by atoms with Gasteiger partial charge >= 0.3 is 0 Å². The molecule has 1 aliphatic rings. The van der Waals surface area contributed by atoms with Gasteiger partial charge in [0.15, 0.2) is 0 Å². The van der Waals surface area contributed by atoms with E-state index in [1.807, 2.05) is 0 Å². The number of aliphatic hydroxyl groups is 1. The first-order chi connectivity index (χ1) is 7.25. The van der Waals surface area contributed by atoms with Gasteiger partial charge in [-0.1, -0.05) is 0 Å². The zero-order valence-electron chi connectivity index (χ0n) is 8.23. The molecule has 1 fully saturated rings. The highest BCUT2D eigenvalue weighted by atomic mass is 16.3.